The van der Waals surface area contributed by atoms with E-state index >= 15 is 0 Å². The van der Waals surface area contributed by atoms with E-state index in [2.05, 4.69) is 5.32 Å². The Morgan fingerprint density at radius 1 is 1.30 bits per heavy atom. The summed E-state index contributed by atoms with van der Waals surface area (Å²) in [6.45, 7) is 6.04. The fourth-order valence-electron chi connectivity index (χ4n) is 3.08. The average molecular weight is 375 g/mol. The predicted molar refractivity (Wildman–Crippen MR) is 102 cm³/mol. The summed E-state index contributed by atoms with van der Waals surface area (Å²) in [5.41, 5.74) is 1.27. The number of benzene rings is 1. The van der Waals surface area contributed by atoms with Gasteiger partial charge in [-0.05, 0) is 45.6 Å². The summed E-state index contributed by atoms with van der Waals surface area (Å²) in [5, 5.41) is 12.2. The average Bonchev–Trinajstić information content (AvgIpc) is 3.02. The third-order valence-corrected chi connectivity index (χ3v) is 4.23. The molecule has 2 N–H and O–H groups in total. The SMILES string of the molecule is CC(C)(C)OC(=O)N[C@H](/C=C1\CCC[C@H]1C(=O)O)COCc1ccccc1. The van der Waals surface area contributed by atoms with Gasteiger partial charge in [0.1, 0.15) is 5.60 Å². The number of carboxylic acid groups (broad SMARTS) is 1. The summed E-state index contributed by atoms with van der Waals surface area (Å²) < 4.78 is 11.1. The Morgan fingerprint density at radius 3 is 2.63 bits per heavy atom. The van der Waals surface area contributed by atoms with Crippen molar-refractivity contribution < 1.29 is 24.2 Å². The predicted octanol–water partition coefficient (Wildman–Crippen LogP) is 3.91. The van der Waals surface area contributed by atoms with Gasteiger partial charge in [-0.1, -0.05) is 42.0 Å². The molecule has 2 atom stereocenters. The van der Waals surface area contributed by atoms with Crippen molar-refractivity contribution >= 4 is 12.1 Å². The Morgan fingerprint density at radius 2 is 2.00 bits per heavy atom. The highest BCUT2D eigenvalue weighted by atomic mass is 16.6. The number of carbonyl (C=O) groups is 2. The second-order valence-electron chi connectivity index (χ2n) is 7.78. The van der Waals surface area contributed by atoms with Gasteiger partial charge in [-0.25, -0.2) is 4.79 Å². The van der Waals surface area contributed by atoms with Crippen LogP contribution >= 0.6 is 0 Å². The van der Waals surface area contributed by atoms with E-state index in [0.717, 1.165) is 24.0 Å². The van der Waals surface area contributed by atoms with Gasteiger partial charge in [0, 0.05) is 0 Å². The molecule has 1 aromatic carbocycles. The molecule has 6 heteroatoms. The van der Waals surface area contributed by atoms with Crippen molar-refractivity contribution in [3.8, 4) is 0 Å². The van der Waals surface area contributed by atoms with E-state index in [-0.39, 0.29) is 6.61 Å². The molecule has 0 aromatic heterocycles. The first-order valence-electron chi connectivity index (χ1n) is 9.29. The molecule has 0 bridgehead atoms. The first kappa shape index (κ1) is 21.0. The normalized spacial score (nSPS) is 19.7. The topological polar surface area (TPSA) is 84.9 Å². The van der Waals surface area contributed by atoms with E-state index in [1.807, 2.05) is 36.4 Å². The van der Waals surface area contributed by atoms with Crippen LogP contribution in [0.15, 0.2) is 42.0 Å². The van der Waals surface area contributed by atoms with E-state index in [4.69, 9.17) is 9.47 Å². The Balaban J connectivity index is 2.03. The number of carbonyl (C=O) groups excluding carboxylic acids is 1. The number of hydrogen-bond donors (Lipinski definition) is 2. The molecule has 1 amide bonds. The molecule has 0 heterocycles. The van der Waals surface area contributed by atoms with E-state index in [9.17, 15) is 14.7 Å². The molecule has 148 valence electrons. The van der Waals surface area contributed by atoms with E-state index in [0.29, 0.717) is 13.0 Å². The minimum atomic E-state index is -0.819. The highest BCUT2D eigenvalue weighted by Crippen LogP contribution is 2.31. The van der Waals surface area contributed by atoms with Crippen molar-refractivity contribution in [2.75, 3.05) is 6.61 Å². The fraction of sp³-hybridized carbons (Fsp3) is 0.524. The molecule has 0 aliphatic heterocycles. The van der Waals surface area contributed by atoms with Crippen LogP contribution in [0, 0.1) is 5.92 Å². The Hall–Kier alpha value is -2.34. The summed E-state index contributed by atoms with van der Waals surface area (Å²) in [6, 6.07) is 9.30. The van der Waals surface area contributed by atoms with Crippen molar-refractivity contribution in [1.29, 1.82) is 0 Å². The maximum Gasteiger partial charge on any atom is 0.408 e. The molecule has 27 heavy (non-hydrogen) atoms. The van der Waals surface area contributed by atoms with Crippen LogP contribution in [0.4, 0.5) is 4.79 Å². The molecule has 1 aliphatic rings. The lowest BCUT2D eigenvalue weighted by Crippen LogP contribution is -2.40. The molecule has 2 rings (SSSR count). The van der Waals surface area contributed by atoms with Crippen LogP contribution in [0.3, 0.4) is 0 Å². The van der Waals surface area contributed by atoms with Gasteiger partial charge in [0.05, 0.1) is 25.2 Å². The zero-order valence-corrected chi connectivity index (χ0v) is 16.2. The monoisotopic (exact) mass is 375 g/mol. The van der Waals surface area contributed by atoms with Gasteiger partial charge in [-0.15, -0.1) is 0 Å². The summed E-state index contributed by atoms with van der Waals surface area (Å²) in [7, 11) is 0. The molecule has 0 radical (unpaired) electrons. The smallest absolute Gasteiger partial charge is 0.408 e. The molecule has 0 saturated heterocycles. The summed E-state index contributed by atoms with van der Waals surface area (Å²) >= 11 is 0. The van der Waals surface area contributed by atoms with Crippen LogP contribution in [0.5, 0.6) is 0 Å². The molecule has 1 fully saturated rings. The Labute approximate surface area is 160 Å². The quantitative estimate of drug-likeness (QED) is 0.706. The Kier molecular flexibility index (Phi) is 7.42. The van der Waals surface area contributed by atoms with Gasteiger partial charge in [0.2, 0.25) is 0 Å². The zero-order chi connectivity index (χ0) is 19.9. The van der Waals surface area contributed by atoms with Crippen LogP contribution in [0.1, 0.15) is 45.6 Å². The van der Waals surface area contributed by atoms with Gasteiger partial charge >= 0.3 is 12.1 Å². The number of aliphatic carboxylic acids is 1. The number of amides is 1. The summed E-state index contributed by atoms with van der Waals surface area (Å²) in [6.07, 6.45) is 3.47. The maximum atomic E-state index is 12.2. The van der Waals surface area contributed by atoms with Gasteiger partial charge in [0.15, 0.2) is 0 Å². The summed E-state index contributed by atoms with van der Waals surface area (Å²) in [4.78, 5) is 23.6. The minimum absolute atomic E-state index is 0.240. The van der Waals surface area contributed by atoms with E-state index in [1.54, 1.807) is 20.8 Å². The highest BCUT2D eigenvalue weighted by molar-refractivity contribution is 5.74. The van der Waals surface area contributed by atoms with Gasteiger partial charge < -0.3 is 19.9 Å². The molecular weight excluding hydrogens is 346 g/mol. The molecule has 1 aliphatic carbocycles. The van der Waals surface area contributed by atoms with Crippen molar-refractivity contribution in [1.82, 2.24) is 5.32 Å². The Bertz CT molecular complexity index is 663. The minimum Gasteiger partial charge on any atom is -0.481 e. The lowest BCUT2D eigenvalue weighted by molar-refractivity contribution is -0.140. The first-order valence-corrected chi connectivity index (χ1v) is 9.29. The molecule has 1 saturated carbocycles. The van der Waals surface area contributed by atoms with Crippen LogP contribution in [0.25, 0.3) is 0 Å². The molecular formula is C21H29NO5. The van der Waals surface area contributed by atoms with Crippen LogP contribution in [-0.2, 0) is 20.9 Å². The van der Waals surface area contributed by atoms with Crippen molar-refractivity contribution in [2.45, 2.75) is 58.3 Å². The second-order valence-corrected chi connectivity index (χ2v) is 7.78. The van der Waals surface area contributed by atoms with Crippen molar-refractivity contribution in [3.63, 3.8) is 0 Å². The van der Waals surface area contributed by atoms with Gasteiger partial charge in [-0.2, -0.15) is 0 Å². The molecule has 0 spiro atoms. The third-order valence-electron chi connectivity index (χ3n) is 4.23. The second kappa shape index (κ2) is 9.55. The van der Waals surface area contributed by atoms with Crippen LogP contribution < -0.4 is 5.32 Å². The number of rotatable bonds is 7. The van der Waals surface area contributed by atoms with Crippen molar-refractivity contribution in [3.05, 3.63) is 47.5 Å². The highest BCUT2D eigenvalue weighted by Gasteiger charge is 2.28. The fourth-order valence-corrected chi connectivity index (χ4v) is 3.08. The molecule has 0 unspecified atom stereocenters. The lowest BCUT2D eigenvalue weighted by Gasteiger charge is -2.23. The molecule has 1 aromatic rings. The van der Waals surface area contributed by atoms with E-state index in [1.165, 1.54) is 0 Å². The third kappa shape index (κ3) is 7.43. The zero-order valence-electron chi connectivity index (χ0n) is 16.2. The standard InChI is InChI=1S/C21H29NO5/c1-21(2,3)27-20(25)22-17(12-16-10-7-11-18(16)19(23)24)14-26-13-15-8-5-4-6-9-15/h4-6,8-9,12,17-18H,7,10-11,13-14H2,1-3H3,(H,22,25)(H,23,24)/b16-12+/t17-,18-/m1/s1. The number of ether oxygens (including phenoxy) is 2. The van der Waals surface area contributed by atoms with Crippen LogP contribution in [0.2, 0.25) is 0 Å². The van der Waals surface area contributed by atoms with E-state index < -0.39 is 29.6 Å². The largest absolute Gasteiger partial charge is 0.481 e. The number of carboxylic acids is 1. The summed E-state index contributed by atoms with van der Waals surface area (Å²) in [5.74, 6) is -1.30. The van der Waals surface area contributed by atoms with Crippen molar-refractivity contribution in [2.24, 2.45) is 5.92 Å². The maximum absolute atomic E-state index is 12.2. The number of nitrogens with one attached hydrogen (secondary N) is 1. The number of alkyl carbamates (subject to hydrolysis) is 1. The van der Waals surface area contributed by atoms with Gasteiger partial charge in [-0.3, -0.25) is 4.79 Å². The number of hydrogen-bond acceptors (Lipinski definition) is 4. The van der Waals surface area contributed by atoms with Crippen LogP contribution in [-0.4, -0.2) is 35.4 Å². The molecule has 6 nitrogen and oxygen atoms in total. The first-order chi connectivity index (χ1) is 12.7. The van der Waals surface area contributed by atoms with Gasteiger partial charge in [0.25, 0.3) is 0 Å². The lowest BCUT2D eigenvalue weighted by atomic mass is 10.0.